The summed E-state index contributed by atoms with van der Waals surface area (Å²) in [6.45, 7) is 3.51. The molecule has 2 unspecified atom stereocenters. The zero-order chi connectivity index (χ0) is 15.5. The van der Waals surface area contributed by atoms with E-state index in [4.69, 9.17) is 5.11 Å². The van der Waals surface area contributed by atoms with Crippen molar-refractivity contribution in [1.82, 2.24) is 4.72 Å². The third kappa shape index (κ3) is 4.37. The SMILES string of the molecule is Cc1sc(C(=O)O)cc1S(=O)(=O)NCCC(C)S(C)=O. The van der Waals surface area contributed by atoms with Crippen molar-refractivity contribution in [3.63, 3.8) is 0 Å². The van der Waals surface area contributed by atoms with Crippen molar-refractivity contribution in [2.75, 3.05) is 12.8 Å². The zero-order valence-electron chi connectivity index (χ0n) is 11.4. The lowest BCUT2D eigenvalue weighted by Crippen LogP contribution is -2.27. The van der Waals surface area contributed by atoms with E-state index in [1.807, 2.05) is 0 Å². The van der Waals surface area contributed by atoms with Crippen molar-refractivity contribution in [3.05, 3.63) is 15.8 Å². The Hall–Kier alpha value is -0.770. The second kappa shape index (κ2) is 6.79. The van der Waals surface area contributed by atoms with Crippen LogP contribution >= 0.6 is 11.3 Å². The molecule has 20 heavy (non-hydrogen) atoms. The summed E-state index contributed by atoms with van der Waals surface area (Å²) in [4.78, 5) is 11.2. The number of carbonyl (C=O) groups is 1. The van der Waals surface area contributed by atoms with Crippen molar-refractivity contribution >= 4 is 38.1 Å². The summed E-state index contributed by atoms with van der Waals surface area (Å²) in [6.07, 6.45) is 2.03. The van der Waals surface area contributed by atoms with Crippen LogP contribution in [0.4, 0.5) is 0 Å². The maximum Gasteiger partial charge on any atom is 0.345 e. The number of aryl methyl sites for hydroxylation is 1. The maximum absolute atomic E-state index is 12.1. The number of carboxylic acid groups (broad SMARTS) is 1. The van der Waals surface area contributed by atoms with Gasteiger partial charge in [0.1, 0.15) is 4.88 Å². The number of sulfonamides is 1. The molecule has 0 amide bonds. The van der Waals surface area contributed by atoms with E-state index in [1.54, 1.807) is 20.1 Å². The first-order valence-corrected chi connectivity index (χ1v) is 9.73. The third-order valence-corrected chi connectivity index (χ3v) is 6.91. The molecule has 1 heterocycles. The molecule has 0 saturated carbocycles. The lowest BCUT2D eigenvalue weighted by Gasteiger charge is -2.09. The van der Waals surface area contributed by atoms with Gasteiger partial charge in [-0.25, -0.2) is 17.9 Å². The molecule has 114 valence electrons. The van der Waals surface area contributed by atoms with Gasteiger partial charge in [0.05, 0.1) is 4.90 Å². The topological polar surface area (TPSA) is 101 Å². The van der Waals surface area contributed by atoms with Gasteiger partial charge in [0.15, 0.2) is 0 Å². The fourth-order valence-electron chi connectivity index (χ4n) is 1.48. The minimum Gasteiger partial charge on any atom is -0.477 e. The molecule has 1 aromatic heterocycles. The van der Waals surface area contributed by atoms with Crippen LogP contribution in [0.1, 0.15) is 27.9 Å². The first-order chi connectivity index (χ1) is 9.15. The molecule has 0 saturated heterocycles. The zero-order valence-corrected chi connectivity index (χ0v) is 13.8. The third-order valence-electron chi connectivity index (χ3n) is 2.78. The number of hydrogen-bond donors (Lipinski definition) is 2. The van der Waals surface area contributed by atoms with E-state index in [1.165, 1.54) is 0 Å². The van der Waals surface area contributed by atoms with Gasteiger partial charge in [0, 0.05) is 33.7 Å². The summed E-state index contributed by atoms with van der Waals surface area (Å²) in [6, 6.07) is 1.16. The number of thiophene rings is 1. The first-order valence-electron chi connectivity index (χ1n) is 5.80. The van der Waals surface area contributed by atoms with E-state index in [-0.39, 0.29) is 21.6 Å². The first kappa shape index (κ1) is 17.3. The average Bonchev–Trinajstić information content (AvgIpc) is 2.71. The summed E-state index contributed by atoms with van der Waals surface area (Å²) in [5.74, 6) is -1.14. The summed E-state index contributed by atoms with van der Waals surface area (Å²) in [5.41, 5.74) is 0. The van der Waals surface area contributed by atoms with Crippen LogP contribution in [0.25, 0.3) is 0 Å². The molecule has 0 bridgehead atoms. The summed E-state index contributed by atoms with van der Waals surface area (Å²) in [7, 11) is -4.73. The molecule has 0 spiro atoms. The van der Waals surface area contributed by atoms with E-state index in [2.05, 4.69) is 4.72 Å². The fourth-order valence-corrected chi connectivity index (χ4v) is 4.40. The van der Waals surface area contributed by atoms with Gasteiger partial charge >= 0.3 is 5.97 Å². The number of nitrogens with one attached hydrogen (secondary N) is 1. The predicted molar refractivity (Wildman–Crippen MR) is 79.3 cm³/mol. The van der Waals surface area contributed by atoms with Gasteiger partial charge in [-0.2, -0.15) is 0 Å². The van der Waals surface area contributed by atoms with Gasteiger partial charge in [0.2, 0.25) is 10.0 Å². The molecule has 2 N–H and O–H groups in total. The molecule has 0 radical (unpaired) electrons. The summed E-state index contributed by atoms with van der Waals surface area (Å²) >= 11 is 0.927. The van der Waals surface area contributed by atoms with Gasteiger partial charge in [-0.05, 0) is 19.4 Å². The summed E-state index contributed by atoms with van der Waals surface area (Å²) in [5, 5.41) is 8.76. The second-order valence-electron chi connectivity index (χ2n) is 4.33. The standard InChI is InChI=1S/C11H17NO5S3/c1-7(19(3)15)4-5-12-20(16,17)10-6-9(11(13)14)18-8(10)2/h6-7,12H,4-5H2,1-3H3,(H,13,14). The molecule has 0 fully saturated rings. The Kier molecular flexibility index (Phi) is 5.87. The average molecular weight is 339 g/mol. The number of rotatable bonds is 7. The van der Waals surface area contributed by atoms with E-state index in [0.717, 1.165) is 17.4 Å². The molecular weight excluding hydrogens is 322 g/mol. The monoisotopic (exact) mass is 339 g/mol. The van der Waals surface area contributed by atoms with Crippen molar-refractivity contribution in [2.45, 2.75) is 30.4 Å². The fraction of sp³-hybridized carbons (Fsp3) is 0.545. The van der Waals surface area contributed by atoms with E-state index in [9.17, 15) is 17.4 Å². The van der Waals surface area contributed by atoms with Crippen LogP contribution in [-0.4, -0.2) is 41.8 Å². The number of hydrogen-bond acceptors (Lipinski definition) is 5. The smallest absolute Gasteiger partial charge is 0.345 e. The van der Waals surface area contributed by atoms with Crippen LogP contribution in [0, 0.1) is 6.92 Å². The van der Waals surface area contributed by atoms with Crippen LogP contribution in [0.3, 0.4) is 0 Å². The molecule has 6 nitrogen and oxygen atoms in total. The van der Waals surface area contributed by atoms with Gasteiger partial charge in [0.25, 0.3) is 0 Å². The van der Waals surface area contributed by atoms with Gasteiger partial charge in [-0.1, -0.05) is 6.92 Å². The molecule has 9 heteroatoms. The van der Waals surface area contributed by atoms with Crippen LogP contribution in [0.5, 0.6) is 0 Å². The van der Waals surface area contributed by atoms with Gasteiger partial charge in [-0.15, -0.1) is 11.3 Å². The Morgan fingerprint density at radius 3 is 2.60 bits per heavy atom. The molecule has 0 aliphatic carbocycles. The molecule has 2 atom stereocenters. The van der Waals surface area contributed by atoms with Crippen molar-refractivity contribution < 1.29 is 22.5 Å². The highest BCUT2D eigenvalue weighted by Crippen LogP contribution is 2.25. The minimum absolute atomic E-state index is 0.00842. The molecule has 0 aliphatic rings. The molecule has 1 aromatic rings. The highest BCUT2D eigenvalue weighted by Gasteiger charge is 2.22. The largest absolute Gasteiger partial charge is 0.477 e. The van der Waals surface area contributed by atoms with Crippen LogP contribution in [-0.2, 0) is 20.8 Å². The Balaban J connectivity index is 2.79. The van der Waals surface area contributed by atoms with Crippen LogP contribution < -0.4 is 4.72 Å². The second-order valence-corrected chi connectivity index (χ2v) is 9.13. The lowest BCUT2D eigenvalue weighted by molar-refractivity contribution is 0.0702. The number of aromatic carboxylic acids is 1. The van der Waals surface area contributed by atoms with Crippen molar-refractivity contribution in [2.24, 2.45) is 0 Å². The minimum atomic E-state index is -3.73. The lowest BCUT2D eigenvalue weighted by atomic mass is 10.3. The van der Waals surface area contributed by atoms with Crippen molar-refractivity contribution in [3.8, 4) is 0 Å². The predicted octanol–water partition coefficient (Wildman–Crippen LogP) is 1.19. The Morgan fingerprint density at radius 1 is 1.55 bits per heavy atom. The van der Waals surface area contributed by atoms with E-state index in [0.29, 0.717) is 11.3 Å². The Morgan fingerprint density at radius 2 is 2.15 bits per heavy atom. The highest BCUT2D eigenvalue weighted by molar-refractivity contribution is 7.89. The number of carboxylic acids is 1. The Labute approximate surface area is 124 Å². The van der Waals surface area contributed by atoms with E-state index < -0.39 is 26.8 Å². The molecule has 1 rings (SSSR count). The molecule has 0 aliphatic heterocycles. The van der Waals surface area contributed by atoms with Crippen molar-refractivity contribution in [1.29, 1.82) is 0 Å². The maximum atomic E-state index is 12.1. The Bertz CT molecular complexity index is 620. The van der Waals surface area contributed by atoms with Gasteiger partial charge < -0.3 is 5.11 Å². The quantitative estimate of drug-likeness (QED) is 0.777. The molecular formula is C11H17NO5S3. The van der Waals surface area contributed by atoms with Crippen LogP contribution in [0.15, 0.2) is 11.0 Å². The normalized spacial score (nSPS) is 14.9. The van der Waals surface area contributed by atoms with Gasteiger partial charge in [-0.3, -0.25) is 4.21 Å². The molecule has 0 aromatic carbocycles. The summed E-state index contributed by atoms with van der Waals surface area (Å²) < 4.78 is 37.7. The van der Waals surface area contributed by atoms with Crippen LogP contribution in [0.2, 0.25) is 0 Å². The van der Waals surface area contributed by atoms with E-state index >= 15 is 0 Å². The highest BCUT2D eigenvalue weighted by atomic mass is 32.2.